The van der Waals surface area contributed by atoms with E-state index in [0.29, 0.717) is 11.4 Å². The standard InChI is InChI=1S/C21H19ClN2O5/c1-12(2)29-21(27)13-8-4-6-10-15(13)24-19(25)17(22)18(20(24)26)23-14-9-5-7-11-16(14)28-3/h4-12,23H,1-3H3. The molecule has 1 aliphatic rings. The van der Waals surface area contributed by atoms with Gasteiger partial charge >= 0.3 is 5.97 Å². The van der Waals surface area contributed by atoms with Crippen LogP contribution in [0, 0.1) is 0 Å². The van der Waals surface area contributed by atoms with Crippen LogP contribution in [0.3, 0.4) is 0 Å². The monoisotopic (exact) mass is 414 g/mol. The van der Waals surface area contributed by atoms with Crippen LogP contribution >= 0.6 is 11.6 Å². The third-order valence-electron chi connectivity index (χ3n) is 4.10. The third-order valence-corrected chi connectivity index (χ3v) is 4.45. The highest BCUT2D eigenvalue weighted by atomic mass is 35.5. The zero-order valence-electron chi connectivity index (χ0n) is 16.1. The Morgan fingerprint density at radius 1 is 1.03 bits per heavy atom. The third kappa shape index (κ3) is 3.95. The minimum absolute atomic E-state index is 0.0888. The molecular formula is C21H19ClN2O5. The van der Waals surface area contributed by atoms with E-state index in [1.54, 1.807) is 50.2 Å². The predicted octanol–water partition coefficient (Wildman–Crippen LogP) is 3.70. The van der Waals surface area contributed by atoms with Gasteiger partial charge in [0.25, 0.3) is 11.8 Å². The van der Waals surface area contributed by atoms with Crippen LogP contribution in [0.1, 0.15) is 24.2 Å². The topological polar surface area (TPSA) is 84.9 Å². The van der Waals surface area contributed by atoms with Crippen LogP contribution < -0.4 is 15.0 Å². The van der Waals surface area contributed by atoms with Gasteiger partial charge < -0.3 is 14.8 Å². The van der Waals surface area contributed by atoms with E-state index in [9.17, 15) is 14.4 Å². The molecule has 29 heavy (non-hydrogen) atoms. The fourth-order valence-electron chi connectivity index (χ4n) is 2.83. The van der Waals surface area contributed by atoms with Gasteiger partial charge in [0.15, 0.2) is 0 Å². The lowest BCUT2D eigenvalue weighted by Crippen LogP contribution is -2.34. The molecule has 0 radical (unpaired) electrons. The SMILES string of the molecule is COc1ccccc1NC1=C(Cl)C(=O)N(c2ccccc2C(=O)OC(C)C)C1=O. The van der Waals surface area contributed by atoms with Crippen molar-refractivity contribution in [3.63, 3.8) is 0 Å². The predicted molar refractivity (Wildman–Crippen MR) is 109 cm³/mol. The largest absolute Gasteiger partial charge is 0.495 e. The summed E-state index contributed by atoms with van der Waals surface area (Å²) in [6.45, 7) is 3.42. The van der Waals surface area contributed by atoms with Crippen molar-refractivity contribution in [1.82, 2.24) is 0 Å². The van der Waals surface area contributed by atoms with Crippen LogP contribution in [-0.4, -0.2) is 31.0 Å². The molecule has 0 bridgehead atoms. The molecule has 0 aliphatic carbocycles. The number of para-hydroxylation sites is 3. The summed E-state index contributed by atoms with van der Waals surface area (Å²) in [5.41, 5.74) is 0.556. The molecule has 0 spiro atoms. The molecule has 2 amide bonds. The van der Waals surface area contributed by atoms with Crippen molar-refractivity contribution in [2.45, 2.75) is 20.0 Å². The summed E-state index contributed by atoms with van der Waals surface area (Å²) in [5, 5.41) is 2.58. The normalized spacial score (nSPS) is 13.9. The lowest BCUT2D eigenvalue weighted by Gasteiger charge is -2.19. The fourth-order valence-corrected chi connectivity index (χ4v) is 3.04. The maximum Gasteiger partial charge on any atom is 0.340 e. The molecular weight excluding hydrogens is 396 g/mol. The van der Waals surface area contributed by atoms with E-state index in [4.69, 9.17) is 21.1 Å². The number of nitrogens with one attached hydrogen (secondary N) is 1. The summed E-state index contributed by atoms with van der Waals surface area (Å²) < 4.78 is 10.5. The molecule has 0 saturated carbocycles. The van der Waals surface area contributed by atoms with Gasteiger partial charge in [0.1, 0.15) is 16.5 Å². The number of imide groups is 1. The molecule has 0 unspecified atom stereocenters. The van der Waals surface area contributed by atoms with Gasteiger partial charge in [-0.05, 0) is 38.1 Å². The Labute approximate surface area is 172 Å². The number of hydrogen-bond acceptors (Lipinski definition) is 6. The van der Waals surface area contributed by atoms with Crippen molar-refractivity contribution in [2.24, 2.45) is 0 Å². The average molecular weight is 415 g/mol. The van der Waals surface area contributed by atoms with Crippen LogP contribution in [0.25, 0.3) is 0 Å². The van der Waals surface area contributed by atoms with Gasteiger partial charge in [-0.25, -0.2) is 9.69 Å². The molecule has 2 aromatic rings. The lowest BCUT2D eigenvalue weighted by atomic mass is 10.1. The van der Waals surface area contributed by atoms with Crippen molar-refractivity contribution in [3.05, 3.63) is 64.8 Å². The van der Waals surface area contributed by atoms with Gasteiger partial charge in [0.05, 0.1) is 30.2 Å². The molecule has 1 heterocycles. The number of methoxy groups -OCH3 is 1. The maximum absolute atomic E-state index is 13.0. The second-order valence-corrected chi connectivity index (χ2v) is 6.81. The fraction of sp³-hybridized carbons (Fsp3) is 0.190. The van der Waals surface area contributed by atoms with E-state index in [1.165, 1.54) is 19.2 Å². The first-order valence-electron chi connectivity index (χ1n) is 8.83. The Kier molecular flexibility index (Phi) is 5.89. The quantitative estimate of drug-likeness (QED) is 0.573. The van der Waals surface area contributed by atoms with Gasteiger partial charge in [0.2, 0.25) is 0 Å². The molecule has 0 fully saturated rings. The van der Waals surface area contributed by atoms with E-state index in [2.05, 4.69) is 5.32 Å². The Morgan fingerprint density at radius 3 is 2.38 bits per heavy atom. The number of anilines is 2. The minimum Gasteiger partial charge on any atom is -0.495 e. The number of ether oxygens (including phenoxy) is 2. The van der Waals surface area contributed by atoms with Crippen LogP contribution in [-0.2, 0) is 14.3 Å². The molecule has 2 aromatic carbocycles. The molecule has 1 N–H and O–H groups in total. The molecule has 0 atom stereocenters. The summed E-state index contributed by atoms with van der Waals surface area (Å²) >= 11 is 6.18. The molecule has 150 valence electrons. The van der Waals surface area contributed by atoms with Gasteiger partial charge in [-0.2, -0.15) is 0 Å². The molecule has 8 heteroatoms. The molecule has 0 aromatic heterocycles. The average Bonchev–Trinajstić information content (AvgIpc) is 2.91. The molecule has 1 aliphatic heterocycles. The first kappa shape index (κ1) is 20.4. The number of rotatable bonds is 6. The van der Waals surface area contributed by atoms with Crippen LogP contribution in [0.5, 0.6) is 5.75 Å². The summed E-state index contributed by atoms with van der Waals surface area (Å²) in [6, 6.07) is 13.1. The second kappa shape index (κ2) is 8.36. The molecule has 7 nitrogen and oxygen atoms in total. The van der Waals surface area contributed by atoms with E-state index >= 15 is 0 Å². The van der Waals surface area contributed by atoms with E-state index < -0.39 is 17.8 Å². The summed E-state index contributed by atoms with van der Waals surface area (Å²) in [6.07, 6.45) is -0.356. The number of esters is 1. The van der Waals surface area contributed by atoms with E-state index in [0.717, 1.165) is 4.90 Å². The van der Waals surface area contributed by atoms with Crippen LogP contribution in [0.15, 0.2) is 59.3 Å². The first-order valence-corrected chi connectivity index (χ1v) is 9.21. The minimum atomic E-state index is -0.737. The zero-order valence-corrected chi connectivity index (χ0v) is 16.8. The number of nitrogens with zero attached hydrogens (tertiary/aromatic N) is 1. The van der Waals surface area contributed by atoms with Gasteiger partial charge in [-0.15, -0.1) is 0 Å². The number of benzene rings is 2. The van der Waals surface area contributed by atoms with Gasteiger partial charge in [-0.1, -0.05) is 35.9 Å². The molecule has 3 rings (SSSR count). The lowest BCUT2D eigenvalue weighted by molar-refractivity contribution is -0.120. The van der Waals surface area contributed by atoms with Gasteiger partial charge in [0, 0.05) is 0 Å². The summed E-state index contributed by atoms with van der Waals surface area (Å²) in [5.74, 6) is -1.59. The zero-order chi connectivity index (χ0) is 21.1. The van der Waals surface area contributed by atoms with Crippen LogP contribution in [0.4, 0.5) is 11.4 Å². The summed E-state index contributed by atoms with van der Waals surface area (Å²) in [4.78, 5) is 39.1. The number of amides is 2. The maximum atomic E-state index is 13.0. The Hall–Kier alpha value is -3.32. The molecule has 0 saturated heterocycles. The highest BCUT2D eigenvalue weighted by Crippen LogP contribution is 2.34. The van der Waals surface area contributed by atoms with E-state index in [1.807, 2.05) is 0 Å². The number of carbonyl (C=O) groups excluding carboxylic acids is 3. The van der Waals surface area contributed by atoms with Crippen molar-refractivity contribution >= 4 is 40.8 Å². The van der Waals surface area contributed by atoms with Crippen molar-refractivity contribution in [2.75, 3.05) is 17.3 Å². The Bertz CT molecular complexity index is 1020. The number of halogens is 1. The van der Waals surface area contributed by atoms with Crippen molar-refractivity contribution in [1.29, 1.82) is 0 Å². The highest BCUT2D eigenvalue weighted by Gasteiger charge is 2.40. The smallest absolute Gasteiger partial charge is 0.340 e. The Morgan fingerprint density at radius 2 is 1.69 bits per heavy atom. The van der Waals surface area contributed by atoms with Crippen molar-refractivity contribution in [3.8, 4) is 5.75 Å². The van der Waals surface area contributed by atoms with Crippen molar-refractivity contribution < 1.29 is 23.9 Å². The Balaban J connectivity index is 1.96. The second-order valence-electron chi connectivity index (χ2n) is 6.43. The van der Waals surface area contributed by atoms with Gasteiger partial charge in [-0.3, -0.25) is 9.59 Å². The van der Waals surface area contributed by atoms with Crippen LogP contribution in [0.2, 0.25) is 0 Å². The van der Waals surface area contributed by atoms with E-state index in [-0.39, 0.29) is 28.1 Å². The summed E-state index contributed by atoms with van der Waals surface area (Å²) in [7, 11) is 1.49. The highest BCUT2D eigenvalue weighted by molar-refractivity contribution is 6.53. The number of carbonyl (C=O) groups is 3. The number of hydrogen-bond donors (Lipinski definition) is 1. The first-order chi connectivity index (χ1) is 13.8.